The van der Waals surface area contributed by atoms with Gasteiger partial charge in [0.1, 0.15) is 0 Å². The standard InChI is InChI=1S/C9H21NO/c1-8(2)6-9(3,7-11)4-5-10/h8,11H,4-7,10H2,1-3H3. The number of aliphatic hydroxyl groups excluding tert-OH is 1. The number of hydrogen-bond acceptors (Lipinski definition) is 2. The van der Waals surface area contributed by atoms with Gasteiger partial charge in [0, 0.05) is 6.61 Å². The second kappa shape index (κ2) is 4.73. The van der Waals surface area contributed by atoms with E-state index in [9.17, 15) is 0 Å². The molecule has 0 rings (SSSR count). The molecule has 2 heteroatoms. The highest BCUT2D eigenvalue weighted by Gasteiger charge is 2.23. The topological polar surface area (TPSA) is 46.2 Å². The molecule has 0 amide bonds. The van der Waals surface area contributed by atoms with Crippen LogP contribution < -0.4 is 5.73 Å². The van der Waals surface area contributed by atoms with Crippen LogP contribution in [0.1, 0.15) is 33.6 Å². The van der Waals surface area contributed by atoms with E-state index in [1.807, 2.05) is 0 Å². The third-order valence-corrected chi connectivity index (χ3v) is 2.03. The first-order chi connectivity index (χ1) is 5.04. The molecule has 0 spiro atoms. The molecule has 68 valence electrons. The molecule has 0 saturated heterocycles. The molecule has 11 heavy (non-hydrogen) atoms. The molecular weight excluding hydrogens is 138 g/mol. The van der Waals surface area contributed by atoms with E-state index in [1.165, 1.54) is 0 Å². The van der Waals surface area contributed by atoms with Crippen LogP contribution in [0.5, 0.6) is 0 Å². The summed E-state index contributed by atoms with van der Waals surface area (Å²) in [6, 6.07) is 0. The first-order valence-electron chi connectivity index (χ1n) is 4.35. The van der Waals surface area contributed by atoms with Gasteiger partial charge in [-0.1, -0.05) is 20.8 Å². The van der Waals surface area contributed by atoms with Gasteiger partial charge >= 0.3 is 0 Å². The molecule has 0 aromatic heterocycles. The van der Waals surface area contributed by atoms with Gasteiger partial charge in [-0.2, -0.15) is 0 Å². The highest BCUT2D eigenvalue weighted by atomic mass is 16.3. The molecule has 3 N–H and O–H groups in total. The molecule has 1 atom stereocenters. The average Bonchev–Trinajstić information content (AvgIpc) is 1.87. The molecule has 1 unspecified atom stereocenters. The number of nitrogens with two attached hydrogens (primary N) is 1. The van der Waals surface area contributed by atoms with Crippen LogP contribution in [0.4, 0.5) is 0 Å². The fourth-order valence-corrected chi connectivity index (χ4v) is 1.58. The Morgan fingerprint density at radius 2 is 2.00 bits per heavy atom. The minimum atomic E-state index is 0.0446. The van der Waals surface area contributed by atoms with Gasteiger partial charge in [0.2, 0.25) is 0 Å². The van der Waals surface area contributed by atoms with Crippen molar-refractivity contribution in [2.45, 2.75) is 33.6 Å². The van der Waals surface area contributed by atoms with Gasteiger partial charge < -0.3 is 10.8 Å². The Kier molecular flexibility index (Phi) is 4.69. The van der Waals surface area contributed by atoms with E-state index < -0.39 is 0 Å². The van der Waals surface area contributed by atoms with Crippen LogP contribution in [0.2, 0.25) is 0 Å². The maximum Gasteiger partial charge on any atom is 0.0485 e. The zero-order valence-electron chi connectivity index (χ0n) is 7.93. The third-order valence-electron chi connectivity index (χ3n) is 2.03. The molecule has 0 saturated carbocycles. The van der Waals surface area contributed by atoms with Gasteiger partial charge in [-0.05, 0) is 30.7 Å². The second-order valence-electron chi connectivity index (χ2n) is 4.11. The van der Waals surface area contributed by atoms with E-state index in [-0.39, 0.29) is 12.0 Å². The Balaban J connectivity index is 3.87. The van der Waals surface area contributed by atoms with E-state index in [1.54, 1.807) is 0 Å². The van der Waals surface area contributed by atoms with Crippen LogP contribution in [0, 0.1) is 11.3 Å². The van der Waals surface area contributed by atoms with Crippen LogP contribution in [0.15, 0.2) is 0 Å². The number of hydrogen-bond donors (Lipinski definition) is 2. The number of rotatable bonds is 5. The Hall–Kier alpha value is -0.0800. The molecule has 0 aliphatic heterocycles. The lowest BCUT2D eigenvalue weighted by Crippen LogP contribution is -2.26. The van der Waals surface area contributed by atoms with Gasteiger partial charge in [-0.25, -0.2) is 0 Å². The van der Waals surface area contributed by atoms with E-state index in [0.717, 1.165) is 12.8 Å². The summed E-state index contributed by atoms with van der Waals surface area (Å²) < 4.78 is 0. The minimum absolute atomic E-state index is 0.0446. The Labute approximate surface area is 69.8 Å². The molecule has 0 aliphatic rings. The minimum Gasteiger partial charge on any atom is -0.396 e. The molecular formula is C9H21NO. The van der Waals surface area contributed by atoms with Crippen molar-refractivity contribution in [2.75, 3.05) is 13.2 Å². The molecule has 0 aromatic carbocycles. The van der Waals surface area contributed by atoms with Crippen LogP contribution >= 0.6 is 0 Å². The summed E-state index contributed by atoms with van der Waals surface area (Å²) in [5.74, 6) is 0.638. The molecule has 0 heterocycles. The Morgan fingerprint density at radius 1 is 1.45 bits per heavy atom. The summed E-state index contributed by atoms with van der Waals surface area (Å²) in [6.45, 7) is 7.36. The largest absolute Gasteiger partial charge is 0.396 e. The van der Waals surface area contributed by atoms with Crippen LogP contribution in [0.25, 0.3) is 0 Å². The van der Waals surface area contributed by atoms with Gasteiger partial charge in [-0.3, -0.25) is 0 Å². The summed E-state index contributed by atoms with van der Waals surface area (Å²) in [7, 11) is 0. The van der Waals surface area contributed by atoms with Crippen molar-refractivity contribution in [3.63, 3.8) is 0 Å². The van der Waals surface area contributed by atoms with Crippen molar-refractivity contribution in [1.82, 2.24) is 0 Å². The fourth-order valence-electron chi connectivity index (χ4n) is 1.58. The van der Waals surface area contributed by atoms with Crippen LogP contribution in [-0.4, -0.2) is 18.3 Å². The molecule has 0 aromatic rings. The van der Waals surface area contributed by atoms with Gasteiger partial charge in [0.05, 0.1) is 0 Å². The van der Waals surface area contributed by atoms with Crippen LogP contribution in [-0.2, 0) is 0 Å². The highest BCUT2D eigenvalue weighted by Crippen LogP contribution is 2.28. The Bertz CT molecular complexity index is 104. The van der Waals surface area contributed by atoms with E-state index in [0.29, 0.717) is 12.5 Å². The predicted molar refractivity (Wildman–Crippen MR) is 48.3 cm³/mol. The second-order valence-corrected chi connectivity index (χ2v) is 4.11. The van der Waals surface area contributed by atoms with Crippen molar-refractivity contribution in [2.24, 2.45) is 17.1 Å². The van der Waals surface area contributed by atoms with Crippen molar-refractivity contribution < 1.29 is 5.11 Å². The molecule has 0 aliphatic carbocycles. The monoisotopic (exact) mass is 159 g/mol. The summed E-state index contributed by atoms with van der Waals surface area (Å²) in [5.41, 5.74) is 5.50. The molecule has 0 bridgehead atoms. The highest BCUT2D eigenvalue weighted by molar-refractivity contribution is 4.74. The van der Waals surface area contributed by atoms with Crippen molar-refractivity contribution in [3.8, 4) is 0 Å². The summed E-state index contributed by atoms with van der Waals surface area (Å²) in [4.78, 5) is 0. The van der Waals surface area contributed by atoms with Crippen molar-refractivity contribution in [3.05, 3.63) is 0 Å². The lowest BCUT2D eigenvalue weighted by atomic mass is 9.80. The maximum absolute atomic E-state index is 9.11. The lowest BCUT2D eigenvalue weighted by Gasteiger charge is -2.28. The predicted octanol–water partition coefficient (Wildman–Crippen LogP) is 1.38. The summed E-state index contributed by atoms with van der Waals surface area (Å²) >= 11 is 0. The first-order valence-corrected chi connectivity index (χ1v) is 4.35. The lowest BCUT2D eigenvalue weighted by molar-refractivity contribution is 0.111. The zero-order valence-corrected chi connectivity index (χ0v) is 7.93. The summed E-state index contributed by atoms with van der Waals surface area (Å²) in [5, 5.41) is 9.11. The van der Waals surface area contributed by atoms with E-state index >= 15 is 0 Å². The van der Waals surface area contributed by atoms with E-state index in [2.05, 4.69) is 20.8 Å². The molecule has 0 fully saturated rings. The number of aliphatic hydroxyl groups is 1. The average molecular weight is 159 g/mol. The van der Waals surface area contributed by atoms with E-state index in [4.69, 9.17) is 10.8 Å². The van der Waals surface area contributed by atoms with Crippen molar-refractivity contribution >= 4 is 0 Å². The smallest absolute Gasteiger partial charge is 0.0485 e. The summed E-state index contributed by atoms with van der Waals surface area (Å²) in [6.07, 6.45) is 1.97. The fraction of sp³-hybridized carbons (Fsp3) is 1.00. The third kappa shape index (κ3) is 4.38. The van der Waals surface area contributed by atoms with Crippen molar-refractivity contribution in [1.29, 1.82) is 0 Å². The van der Waals surface area contributed by atoms with Gasteiger partial charge in [0.15, 0.2) is 0 Å². The molecule has 2 nitrogen and oxygen atoms in total. The normalized spacial score (nSPS) is 16.9. The molecule has 0 radical (unpaired) electrons. The van der Waals surface area contributed by atoms with Crippen LogP contribution in [0.3, 0.4) is 0 Å². The van der Waals surface area contributed by atoms with Gasteiger partial charge in [0.25, 0.3) is 0 Å². The SMILES string of the molecule is CC(C)CC(C)(CO)CCN. The quantitative estimate of drug-likeness (QED) is 0.636. The first kappa shape index (κ1) is 10.9. The van der Waals surface area contributed by atoms with Gasteiger partial charge in [-0.15, -0.1) is 0 Å². The zero-order chi connectivity index (χ0) is 8.91. The Morgan fingerprint density at radius 3 is 2.27 bits per heavy atom. The maximum atomic E-state index is 9.11.